The first kappa shape index (κ1) is 21.9. The number of methoxy groups -OCH3 is 1. The normalized spacial score (nSPS) is 20.3. The van der Waals surface area contributed by atoms with Gasteiger partial charge in [-0.3, -0.25) is 9.59 Å². The van der Waals surface area contributed by atoms with E-state index in [0.29, 0.717) is 0 Å². The van der Waals surface area contributed by atoms with Crippen molar-refractivity contribution in [3.05, 3.63) is 0 Å². The fourth-order valence-corrected chi connectivity index (χ4v) is 5.13. The first-order valence-electron chi connectivity index (χ1n) is 8.73. The van der Waals surface area contributed by atoms with Gasteiger partial charge in [0.25, 0.3) is 0 Å². The summed E-state index contributed by atoms with van der Waals surface area (Å²) in [5.41, 5.74) is 9.87. The number of rotatable bonds is 10. The molecule has 0 aromatic carbocycles. The van der Waals surface area contributed by atoms with Crippen molar-refractivity contribution in [2.45, 2.75) is 74.6 Å². The highest BCUT2D eigenvalue weighted by atomic mass is 32.2. The van der Waals surface area contributed by atoms with Gasteiger partial charge in [0.15, 0.2) is 11.3 Å². The van der Waals surface area contributed by atoms with E-state index in [2.05, 4.69) is 6.92 Å². The van der Waals surface area contributed by atoms with Crippen LogP contribution in [0.3, 0.4) is 0 Å². The lowest BCUT2D eigenvalue weighted by molar-refractivity contribution is -0.151. The largest absolute Gasteiger partial charge is 0.481 e. The van der Waals surface area contributed by atoms with Gasteiger partial charge in [-0.1, -0.05) is 32.6 Å². The Morgan fingerprint density at radius 3 is 2.36 bits per heavy atom. The van der Waals surface area contributed by atoms with Crippen molar-refractivity contribution in [3.63, 3.8) is 0 Å². The lowest BCUT2D eigenvalue weighted by atomic mass is 9.85. The molecule has 0 radical (unpaired) electrons. The smallest absolute Gasteiger partial charge is 0.334 e. The molecule has 0 unspecified atom stereocenters. The Kier molecular flexibility index (Phi) is 8.37. The molecule has 1 aliphatic rings. The van der Waals surface area contributed by atoms with Gasteiger partial charge in [0.05, 0.1) is 19.6 Å². The summed E-state index contributed by atoms with van der Waals surface area (Å²) >= 11 is 1.54. The lowest BCUT2D eigenvalue weighted by Gasteiger charge is -2.39. The van der Waals surface area contributed by atoms with Crippen LogP contribution in [-0.4, -0.2) is 52.0 Å². The second-order valence-corrected chi connectivity index (χ2v) is 8.26. The molecule has 2 atom stereocenters. The third-order valence-electron chi connectivity index (χ3n) is 4.80. The van der Waals surface area contributed by atoms with E-state index in [-0.39, 0.29) is 10.5 Å². The molecule has 5 N–H and O–H groups in total. The SMILES string of the molecule is CCCC1(SC[C@](N)(C(=O)OC)C(=O)[C@@H](N)CC(=O)O)CCCCC1. The molecule has 144 valence electrons. The van der Waals surface area contributed by atoms with Gasteiger partial charge < -0.3 is 21.3 Å². The minimum absolute atomic E-state index is 0.00279. The number of ketones is 1. The Morgan fingerprint density at radius 2 is 1.88 bits per heavy atom. The first-order valence-corrected chi connectivity index (χ1v) is 9.72. The Morgan fingerprint density at radius 1 is 1.28 bits per heavy atom. The number of Topliss-reactive ketones (excluding diaryl/α,β-unsaturated/α-hetero) is 1. The topological polar surface area (TPSA) is 133 Å². The predicted molar refractivity (Wildman–Crippen MR) is 97.4 cm³/mol. The Labute approximate surface area is 153 Å². The molecule has 0 aromatic rings. The summed E-state index contributed by atoms with van der Waals surface area (Å²) in [5, 5.41) is 8.84. The van der Waals surface area contributed by atoms with Crippen molar-refractivity contribution >= 4 is 29.5 Å². The van der Waals surface area contributed by atoms with Gasteiger partial charge in [-0.15, -0.1) is 0 Å². The summed E-state index contributed by atoms with van der Waals surface area (Å²) in [7, 11) is 1.16. The van der Waals surface area contributed by atoms with Crippen LogP contribution in [0.4, 0.5) is 0 Å². The van der Waals surface area contributed by atoms with Crippen LogP contribution < -0.4 is 11.5 Å². The van der Waals surface area contributed by atoms with Gasteiger partial charge in [-0.05, 0) is 19.3 Å². The Hall–Kier alpha value is -1.12. The molecule has 8 heteroatoms. The highest BCUT2D eigenvalue weighted by Crippen LogP contribution is 2.44. The third kappa shape index (κ3) is 5.69. The summed E-state index contributed by atoms with van der Waals surface area (Å²) in [6, 6.07) is -1.34. The summed E-state index contributed by atoms with van der Waals surface area (Å²) in [6.45, 7) is 2.11. The average molecular weight is 375 g/mol. The number of hydrogen-bond acceptors (Lipinski definition) is 7. The van der Waals surface area contributed by atoms with E-state index in [4.69, 9.17) is 21.3 Å². The van der Waals surface area contributed by atoms with Crippen molar-refractivity contribution in [2.75, 3.05) is 12.9 Å². The van der Waals surface area contributed by atoms with Crippen LogP contribution in [0.1, 0.15) is 58.3 Å². The van der Waals surface area contributed by atoms with E-state index in [1.54, 1.807) is 0 Å². The monoisotopic (exact) mass is 374 g/mol. The van der Waals surface area contributed by atoms with E-state index >= 15 is 0 Å². The maximum atomic E-state index is 12.6. The zero-order valence-corrected chi connectivity index (χ0v) is 15.9. The van der Waals surface area contributed by atoms with Crippen molar-refractivity contribution in [3.8, 4) is 0 Å². The fourth-order valence-electron chi connectivity index (χ4n) is 3.41. The summed E-state index contributed by atoms with van der Waals surface area (Å²) in [4.78, 5) is 35.7. The number of thioether (sulfide) groups is 1. The molecule has 0 spiro atoms. The second-order valence-electron chi connectivity index (χ2n) is 6.81. The van der Waals surface area contributed by atoms with Crippen LogP contribution in [0.5, 0.6) is 0 Å². The Bertz CT molecular complexity index is 488. The van der Waals surface area contributed by atoms with E-state index in [1.165, 1.54) is 18.2 Å². The van der Waals surface area contributed by atoms with Crippen LogP contribution in [-0.2, 0) is 19.1 Å². The molecule has 1 aliphatic carbocycles. The standard InChI is InChI=1S/C17H30N2O5S/c1-3-7-16(8-5-4-6-9-16)25-11-17(19,15(23)24-2)14(22)12(18)10-13(20)21/h12H,3-11,18-19H2,1-2H3,(H,20,21)/t12-,17+/m0/s1. The van der Waals surface area contributed by atoms with Gasteiger partial charge in [0, 0.05) is 10.5 Å². The highest BCUT2D eigenvalue weighted by molar-refractivity contribution is 8.00. The van der Waals surface area contributed by atoms with Crippen LogP contribution in [0.15, 0.2) is 0 Å². The quantitative estimate of drug-likeness (QED) is 0.387. The zero-order chi connectivity index (χ0) is 19.1. The highest BCUT2D eigenvalue weighted by Gasteiger charge is 2.47. The van der Waals surface area contributed by atoms with Crippen LogP contribution in [0.25, 0.3) is 0 Å². The van der Waals surface area contributed by atoms with Gasteiger partial charge >= 0.3 is 11.9 Å². The number of esters is 1. The number of hydrogen-bond donors (Lipinski definition) is 3. The Balaban J connectivity index is 2.95. The number of carboxylic acid groups (broad SMARTS) is 1. The molecule has 0 aromatic heterocycles. The molecule has 0 saturated heterocycles. The first-order chi connectivity index (χ1) is 11.7. The van der Waals surface area contributed by atoms with Crippen molar-refractivity contribution < 1.29 is 24.2 Å². The molecule has 1 fully saturated rings. The minimum atomic E-state index is -1.92. The van der Waals surface area contributed by atoms with E-state index in [9.17, 15) is 14.4 Å². The number of nitrogens with two attached hydrogens (primary N) is 2. The molecule has 0 amide bonds. The number of carbonyl (C=O) groups is 3. The van der Waals surface area contributed by atoms with E-state index < -0.39 is 35.7 Å². The molecule has 0 heterocycles. The molecule has 0 bridgehead atoms. The maximum Gasteiger partial charge on any atom is 0.334 e. The molecule has 1 saturated carbocycles. The van der Waals surface area contributed by atoms with Crippen molar-refractivity contribution in [1.82, 2.24) is 0 Å². The molecule has 1 rings (SSSR count). The number of aliphatic carboxylic acids is 1. The predicted octanol–water partition coefficient (Wildman–Crippen LogP) is 1.46. The minimum Gasteiger partial charge on any atom is -0.481 e. The molecule has 0 aliphatic heterocycles. The van der Waals surface area contributed by atoms with Crippen molar-refractivity contribution in [1.29, 1.82) is 0 Å². The van der Waals surface area contributed by atoms with E-state index in [1.807, 2.05) is 0 Å². The van der Waals surface area contributed by atoms with Crippen LogP contribution in [0.2, 0.25) is 0 Å². The second kappa shape index (κ2) is 9.54. The number of carboxylic acids is 1. The molecule has 7 nitrogen and oxygen atoms in total. The van der Waals surface area contributed by atoms with Gasteiger partial charge in [-0.25, -0.2) is 4.79 Å². The average Bonchev–Trinajstić information content (AvgIpc) is 2.58. The number of ether oxygens (including phenoxy) is 1. The fraction of sp³-hybridized carbons (Fsp3) is 0.824. The lowest BCUT2D eigenvalue weighted by Crippen LogP contribution is -2.63. The molecule has 25 heavy (non-hydrogen) atoms. The summed E-state index contributed by atoms with van der Waals surface area (Å²) in [6.07, 6.45) is 6.92. The number of carbonyl (C=O) groups excluding carboxylic acids is 2. The maximum absolute atomic E-state index is 12.6. The molecular weight excluding hydrogens is 344 g/mol. The summed E-state index contributed by atoms with van der Waals surface area (Å²) < 4.78 is 4.73. The summed E-state index contributed by atoms with van der Waals surface area (Å²) in [5.74, 6) is -2.81. The molecular formula is C17H30N2O5S. The van der Waals surface area contributed by atoms with Gasteiger partial charge in [-0.2, -0.15) is 11.8 Å². The third-order valence-corrected chi connectivity index (χ3v) is 6.62. The van der Waals surface area contributed by atoms with Crippen LogP contribution >= 0.6 is 11.8 Å². The zero-order valence-electron chi connectivity index (χ0n) is 15.1. The van der Waals surface area contributed by atoms with Gasteiger partial charge in [0.2, 0.25) is 0 Å². The van der Waals surface area contributed by atoms with Gasteiger partial charge in [0.1, 0.15) is 0 Å². The van der Waals surface area contributed by atoms with Crippen molar-refractivity contribution in [2.24, 2.45) is 11.5 Å². The van der Waals surface area contributed by atoms with Crippen LogP contribution in [0, 0.1) is 0 Å². The van der Waals surface area contributed by atoms with E-state index in [0.717, 1.165) is 45.6 Å².